The fourth-order valence-electron chi connectivity index (χ4n) is 4.48. The molecule has 4 aromatic rings. The summed E-state index contributed by atoms with van der Waals surface area (Å²) in [7, 11) is 0. The molecule has 8 heteroatoms. The number of rotatable bonds is 4. The Morgan fingerprint density at radius 1 is 1.07 bits per heavy atom. The summed E-state index contributed by atoms with van der Waals surface area (Å²) in [5.74, 6) is 2.63. The minimum Gasteiger partial charge on any atom is -0.371 e. The van der Waals surface area contributed by atoms with Crippen LogP contribution in [0.3, 0.4) is 0 Å². The maximum absolute atomic E-state index is 12.6. The van der Waals surface area contributed by atoms with Crippen LogP contribution in [-0.4, -0.2) is 38.0 Å². The van der Waals surface area contributed by atoms with E-state index in [1.54, 1.807) is 24.5 Å². The van der Waals surface area contributed by atoms with E-state index in [0.717, 1.165) is 18.9 Å². The van der Waals surface area contributed by atoms with Crippen molar-refractivity contribution < 1.29 is 4.52 Å². The number of fused-ring (bicyclic) bond motifs is 2. The molecule has 3 aromatic heterocycles. The number of hydrogen-bond acceptors (Lipinski definition) is 7. The number of nitrogens with zero attached hydrogens (tertiary/aromatic N) is 6. The van der Waals surface area contributed by atoms with Gasteiger partial charge in [0, 0.05) is 30.9 Å². The Morgan fingerprint density at radius 2 is 1.90 bits per heavy atom. The van der Waals surface area contributed by atoms with Gasteiger partial charge >= 0.3 is 0 Å². The second-order valence-electron chi connectivity index (χ2n) is 7.68. The fourth-order valence-corrected chi connectivity index (χ4v) is 4.48. The molecule has 1 aliphatic carbocycles. The third-order valence-electron chi connectivity index (χ3n) is 6.01. The normalized spacial score (nSPS) is 22.8. The van der Waals surface area contributed by atoms with Crippen molar-refractivity contribution >= 4 is 16.6 Å². The highest BCUT2D eigenvalue weighted by Crippen LogP contribution is 2.57. The summed E-state index contributed by atoms with van der Waals surface area (Å²) in [6, 6.07) is 14.0. The molecule has 0 N–H and O–H groups in total. The fraction of sp³-hybridized carbons (Fsp3) is 0.286. The molecule has 0 unspecified atom stereocenters. The van der Waals surface area contributed by atoms with Gasteiger partial charge in [-0.3, -0.25) is 9.78 Å². The number of piperidine rings is 1. The SMILES string of the molecule is O=c1c2cccnc2cnn1Cc1nc([C@@H]2[C@@H]3CN(c4ccccc4)C[C@@H]32)no1. The molecule has 2 aliphatic rings. The van der Waals surface area contributed by atoms with E-state index in [-0.39, 0.29) is 12.1 Å². The third-order valence-corrected chi connectivity index (χ3v) is 6.01. The lowest BCUT2D eigenvalue weighted by atomic mass is 10.2. The Labute approximate surface area is 165 Å². The van der Waals surface area contributed by atoms with Crippen LogP contribution in [0, 0.1) is 11.8 Å². The van der Waals surface area contributed by atoms with Crippen LogP contribution in [0.5, 0.6) is 0 Å². The van der Waals surface area contributed by atoms with Gasteiger partial charge in [-0.1, -0.05) is 23.4 Å². The van der Waals surface area contributed by atoms with Crippen molar-refractivity contribution in [3.8, 4) is 0 Å². The summed E-state index contributed by atoms with van der Waals surface area (Å²) < 4.78 is 6.76. The summed E-state index contributed by atoms with van der Waals surface area (Å²) in [5, 5.41) is 8.89. The van der Waals surface area contributed by atoms with E-state index in [9.17, 15) is 4.79 Å². The van der Waals surface area contributed by atoms with Crippen molar-refractivity contribution in [2.24, 2.45) is 11.8 Å². The summed E-state index contributed by atoms with van der Waals surface area (Å²) in [4.78, 5) is 23.7. The summed E-state index contributed by atoms with van der Waals surface area (Å²) in [6.07, 6.45) is 3.22. The lowest BCUT2D eigenvalue weighted by Crippen LogP contribution is -2.24. The maximum atomic E-state index is 12.6. The van der Waals surface area contributed by atoms with Gasteiger partial charge in [-0.15, -0.1) is 0 Å². The van der Waals surface area contributed by atoms with Crippen LogP contribution in [-0.2, 0) is 6.54 Å². The Hall–Kier alpha value is -3.55. The molecular formula is C21H18N6O2. The van der Waals surface area contributed by atoms with Crippen LogP contribution in [0.25, 0.3) is 10.9 Å². The van der Waals surface area contributed by atoms with E-state index in [4.69, 9.17) is 4.52 Å². The summed E-state index contributed by atoms with van der Waals surface area (Å²) in [5.41, 5.74) is 1.63. The van der Waals surface area contributed by atoms with E-state index < -0.39 is 0 Å². The molecule has 1 saturated carbocycles. The molecule has 1 aliphatic heterocycles. The van der Waals surface area contributed by atoms with Crippen LogP contribution in [0.4, 0.5) is 5.69 Å². The molecule has 0 bridgehead atoms. The Morgan fingerprint density at radius 3 is 2.72 bits per heavy atom. The standard InChI is InChI=1S/C21H18N6O2/c28-21-14-7-4-8-22-17(14)9-23-27(21)12-18-24-20(25-29-18)19-15-10-26(11-16(15)19)13-5-2-1-3-6-13/h1-9,15-16,19H,10-12H2/t15-,16+,19-. The van der Waals surface area contributed by atoms with Gasteiger partial charge in [0.2, 0.25) is 5.89 Å². The van der Waals surface area contributed by atoms with Crippen LogP contribution in [0.2, 0.25) is 0 Å². The molecule has 4 heterocycles. The summed E-state index contributed by atoms with van der Waals surface area (Å²) >= 11 is 0. The number of aromatic nitrogens is 5. The molecule has 1 saturated heterocycles. The lowest BCUT2D eigenvalue weighted by molar-refractivity contribution is 0.358. The van der Waals surface area contributed by atoms with Crippen LogP contribution < -0.4 is 10.5 Å². The molecular weight excluding hydrogens is 368 g/mol. The topological polar surface area (TPSA) is 89.9 Å². The monoisotopic (exact) mass is 386 g/mol. The third kappa shape index (κ3) is 2.71. The van der Waals surface area contributed by atoms with Gasteiger partial charge in [-0.05, 0) is 36.1 Å². The van der Waals surface area contributed by atoms with Crippen LogP contribution in [0.15, 0.2) is 64.2 Å². The van der Waals surface area contributed by atoms with E-state index in [2.05, 4.69) is 49.4 Å². The van der Waals surface area contributed by atoms with Gasteiger partial charge in [0.15, 0.2) is 5.82 Å². The van der Waals surface area contributed by atoms with Crippen molar-refractivity contribution in [2.75, 3.05) is 18.0 Å². The predicted octanol–water partition coefficient (Wildman–Crippen LogP) is 2.07. The minimum atomic E-state index is -0.211. The predicted molar refractivity (Wildman–Crippen MR) is 106 cm³/mol. The molecule has 1 aromatic carbocycles. The van der Waals surface area contributed by atoms with E-state index in [0.29, 0.717) is 34.5 Å². The van der Waals surface area contributed by atoms with E-state index in [1.165, 1.54) is 10.4 Å². The largest absolute Gasteiger partial charge is 0.371 e. The van der Waals surface area contributed by atoms with Crippen molar-refractivity contribution in [3.05, 3.63) is 76.9 Å². The Balaban J connectivity index is 1.17. The first-order chi connectivity index (χ1) is 14.3. The zero-order valence-corrected chi connectivity index (χ0v) is 15.5. The van der Waals surface area contributed by atoms with Gasteiger partial charge in [-0.2, -0.15) is 10.1 Å². The zero-order valence-electron chi connectivity index (χ0n) is 15.5. The number of para-hydroxylation sites is 1. The van der Waals surface area contributed by atoms with Gasteiger partial charge in [-0.25, -0.2) is 4.68 Å². The first kappa shape index (κ1) is 16.4. The molecule has 0 amide bonds. The van der Waals surface area contributed by atoms with Gasteiger partial charge in [0.1, 0.15) is 6.54 Å². The van der Waals surface area contributed by atoms with Crippen LogP contribution >= 0.6 is 0 Å². The van der Waals surface area contributed by atoms with Gasteiger partial charge in [0.25, 0.3) is 5.56 Å². The van der Waals surface area contributed by atoms with Crippen LogP contribution in [0.1, 0.15) is 17.6 Å². The zero-order chi connectivity index (χ0) is 19.4. The highest BCUT2D eigenvalue weighted by molar-refractivity contribution is 5.75. The summed E-state index contributed by atoms with van der Waals surface area (Å²) in [6.45, 7) is 2.19. The van der Waals surface area contributed by atoms with Crippen molar-refractivity contribution in [2.45, 2.75) is 12.5 Å². The van der Waals surface area contributed by atoms with Crippen molar-refractivity contribution in [1.29, 1.82) is 0 Å². The van der Waals surface area contributed by atoms with E-state index in [1.807, 2.05) is 6.07 Å². The smallest absolute Gasteiger partial charge is 0.276 e. The highest BCUT2D eigenvalue weighted by atomic mass is 16.5. The molecule has 6 rings (SSSR count). The number of pyridine rings is 1. The minimum absolute atomic E-state index is 0.162. The number of anilines is 1. The first-order valence-electron chi connectivity index (χ1n) is 9.71. The van der Waals surface area contributed by atoms with Gasteiger partial charge in [0.05, 0.1) is 17.1 Å². The molecule has 0 radical (unpaired) electrons. The second-order valence-corrected chi connectivity index (χ2v) is 7.68. The molecule has 29 heavy (non-hydrogen) atoms. The maximum Gasteiger partial charge on any atom is 0.276 e. The second kappa shape index (κ2) is 6.23. The number of benzene rings is 1. The highest BCUT2D eigenvalue weighted by Gasteiger charge is 2.58. The first-order valence-corrected chi connectivity index (χ1v) is 9.71. The molecule has 2 fully saturated rings. The average molecular weight is 386 g/mol. The van der Waals surface area contributed by atoms with Gasteiger partial charge < -0.3 is 9.42 Å². The Bertz CT molecular complexity index is 1240. The number of hydrogen-bond donors (Lipinski definition) is 0. The average Bonchev–Trinajstić information content (AvgIpc) is 3.11. The molecule has 0 spiro atoms. The molecule has 3 atom stereocenters. The van der Waals surface area contributed by atoms with Crippen molar-refractivity contribution in [1.82, 2.24) is 24.9 Å². The molecule has 8 nitrogen and oxygen atoms in total. The molecule has 144 valence electrons. The van der Waals surface area contributed by atoms with Crippen molar-refractivity contribution in [3.63, 3.8) is 0 Å². The lowest BCUT2D eigenvalue weighted by Gasteiger charge is -2.21. The Kier molecular flexibility index (Phi) is 3.53. The quantitative estimate of drug-likeness (QED) is 0.530. The van der Waals surface area contributed by atoms with E-state index >= 15 is 0 Å².